The van der Waals surface area contributed by atoms with Crippen LogP contribution in [-0.2, 0) is 11.4 Å². The molecule has 0 heterocycles. The number of rotatable bonds is 3. The molecule has 13 heavy (non-hydrogen) atoms. The van der Waals surface area contributed by atoms with Crippen LogP contribution in [0.2, 0.25) is 0 Å². The molecule has 68 valence electrons. The highest BCUT2D eigenvalue weighted by atomic mass is 19.1. The summed E-state index contributed by atoms with van der Waals surface area (Å²) in [5.41, 5.74) is 3.56. The molecule has 4 heteroatoms. The van der Waals surface area contributed by atoms with Gasteiger partial charge in [0.05, 0.1) is 18.7 Å². The molecular weight excluding hydrogens is 171 g/mol. The van der Waals surface area contributed by atoms with E-state index in [1.54, 1.807) is 6.07 Å². The molecule has 1 rings (SSSR count). The molecular formula is C9H9FN2O. The van der Waals surface area contributed by atoms with E-state index in [0.717, 1.165) is 0 Å². The lowest BCUT2D eigenvalue weighted by atomic mass is 10.1. The van der Waals surface area contributed by atoms with E-state index in [2.05, 4.69) is 10.3 Å². The van der Waals surface area contributed by atoms with Gasteiger partial charge in [0.1, 0.15) is 5.82 Å². The van der Waals surface area contributed by atoms with Crippen molar-refractivity contribution >= 4 is 0 Å². The Balaban J connectivity index is 2.83. The minimum Gasteiger partial charge on any atom is -0.305 e. The second kappa shape index (κ2) is 4.55. The average molecular weight is 180 g/mol. The van der Waals surface area contributed by atoms with Gasteiger partial charge in [0.2, 0.25) is 0 Å². The molecule has 0 aromatic heterocycles. The number of nitrogens with zero attached hydrogens (tertiary/aromatic N) is 1. The van der Waals surface area contributed by atoms with E-state index in [0.29, 0.717) is 17.7 Å². The molecule has 0 spiro atoms. The van der Waals surface area contributed by atoms with Crippen molar-refractivity contribution in [1.29, 1.82) is 5.26 Å². The first-order chi connectivity index (χ1) is 6.26. The second-order valence-electron chi connectivity index (χ2n) is 2.49. The average Bonchev–Trinajstić information content (AvgIpc) is 2.14. The first kappa shape index (κ1) is 9.65. The first-order valence-electron chi connectivity index (χ1n) is 3.71. The van der Waals surface area contributed by atoms with Gasteiger partial charge in [-0.2, -0.15) is 10.7 Å². The second-order valence-corrected chi connectivity index (χ2v) is 2.49. The third kappa shape index (κ3) is 2.82. The third-order valence-electron chi connectivity index (χ3n) is 1.51. The number of benzene rings is 1. The van der Waals surface area contributed by atoms with Crippen LogP contribution in [0.1, 0.15) is 11.1 Å². The Bertz CT molecular complexity index is 333. The largest absolute Gasteiger partial charge is 0.305 e. The maximum atomic E-state index is 12.8. The zero-order valence-electron chi connectivity index (χ0n) is 7.17. The molecule has 0 bridgehead atoms. The van der Waals surface area contributed by atoms with Gasteiger partial charge in [0.15, 0.2) is 0 Å². The van der Waals surface area contributed by atoms with Gasteiger partial charge in [-0.25, -0.2) is 4.39 Å². The topological polar surface area (TPSA) is 45.0 Å². The number of halogens is 1. The summed E-state index contributed by atoms with van der Waals surface area (Å²) in [4.78, 5) is 4.60. The van der Waals surface area contributed by atoms with Crippen LogP contribution in [0.25, 0.3) is 0 Å². The summed E-state index contributed by atoms with van der Waals surface area (Å²) in [6, 6.07) is 6.03. The van der Waals surface area contributed by atoms with Crippen molar-refractivity contribution in [2.24, 2.45) is 0 Å². The monoisotopic (exact) mass is 180 g/mol. The van der Waals surface area contributed by atoms with E-state index in [9.17, 15) is 4.39 Å². The van der Waals surface area contributed by atoms with Crippen molar-refractivity contribution in [2.45, 2.75) is 6.54 Å². The minimum atomic E-state index is -0.410. The standard InChI is InChI=1S/C9H9FN2O/c1-13-12-6-8-2-7(5-11)3-9(10)4-8/h2-4,12H,6H2,1H3. The van der Waals surface area contributed by atoms with E-state index < -0.39 is 5.82 Å². The predicted molar refractivity (Wildman–Crippen MR) is 45.0 cm³/mol. The zero-order valence-corrected chi connectivity index (χ0v) is 7.17. The van der Waals surface area contributed by atoms with Crippen LogP contribution < -0.4 is 5.48 Å². The van der Waals surface area contributed by atoms with Gasteiger partial charge >= 0.3 is 0 Å². The van der Waals surface area contributed by atoms with Crippen LogP contribution in [0, 0.1) is 17.1 Å². The molecule has 0 atom stereocenters. The molecule has 0 unspecified atom stereocenters. The third-order valence-corrected chi connectivity index (χ3v) is 1.51. The van der Waals surface area contributed by atoms with Gasteiger partial charge in [-0.3, -0.25) is 0 Å². The minimum absolute atomic E-state index is 0.313. The molecule has 0 fully saturated rings. The van der Waals surface area contributed by atoms with Crippen molar-refractivity contribution in [3.63, 3.8) is 0 Å². The van der Waals surface area contributed by atoms with Gasteiger partial charge < -0.3 is 4.84 Å². The molecule has 0 saturated carbocycles. The lowest BCUT2D eigenvalue weighted by Gasteiger charge is -2.02. The zero-order chi connectivity index (χ0) is 9.68. The number of nitrogens with one attached hydrogen (secondary N) is 1. The summed E-state index contributed by atoms with van der Waals surface area (Å²) < 4.78 is 12.8. The van der Waals surface area contributed by atoms with Crippen LogP contribution in [0.3, 0.4) is 0 Å². The van der Waals surface area contributed by atoms with Gasteiger partial charge in [-0.1, -0.05) is 0 Å². The van der Waals surface area contributed by atoms with Crippen molar-refractivity contribution in [1.82, 2.24) is 5.48 Å². The molecule has 1 aromatic rings. The summed E-state index contributed by atoms with van der Waals surface area (Å²) in [5.74, 6) is -0.410. The molecule has 0 aliphatic rings. The Morgan fingerprint density at radius 2 is 2.31 bits per heavy atom. The Morgan fingerprint density at radius 1 is 1.54 bits per heavy atom. The van der Waals surface area contributed by atoms with Gasteiger partial charge in [-0.15, -0.1) is 0 Å². The van der Waals surface area contributed by atoms with Crippen LogP contribution in [-0.4, -0.2) is 7.11 Å². The predicted octanol–water partition coefficient (Wildman–Crippen LogP) is 1.35. The van der Waals surface area contributed by atoms with E-state index >= 15 is 0 Å². The molecule has 1 N–H and O–H groups in total. The lowest BCUT2D eigenvalue weighted by Crippen LogP contribution is -2.10. The fraction of sp³-hybridized carbons (Fsp3) is 0.222. The molecule has 3 nitrogen and oxygen atoms in total. The first-order valence-corrected chi connectivity index (χ1v) is 3.71. The van der Waals surface area contributed by atoms with Crippen molar-refractivity contribution in [3.05, 3.63) is 35.1 Å². The summed E-state index contributed by atoms with van der Waals surface area (Å²) in [6.45, 7) is 0.378. The van der Waals surface area contributed by atoms with E-state index in [4.69, 9.17) is 5.26 Å². The fourth-order valence-corrected chi connectivity index (χ4v) is 0.973. The highest BCUT2D eigenvalue weighted by molar-refractivity contribution is 5.33. The number of hydrogen-bond donors (Lipinski definition) is 1. The smallest absolute Gasteiger partial charge is 0.124 e. The highest BCUT2D eigenvalue weighted by Crippen LogP contribution is 2.07. The molecule has 0 saturated heterocycles. The summed E-state index contributed by atoms with van der Waals surface area (Å²) in [6.07, 6.45) is 0. The number of nitriles is 1. The van der Waals surface area contributed by atoms with Crippen LogP contribution in [0.15, 0.2) is 18.2 Å². The van der Waals surface area contributed by atoms with Gasteiger partial charge in [0, 0.05) is 6.54 Å². The number of hydroxylamine groups is 1. The molecule has 0 aliphatic carbocycles. The summed E-state index contributed by atoms with van der Waals surface area (Å²) in [5, 5.41) is 8.54. The van der Waals surface area contributed by atoms with E-state index in [1.165, 1.54) is 19.2 Å². The number of hydrogen-bond acceptors (Lipinski definition) is 3. The molecule has 0 aliphatic heterocycles. The van der Waals surface area contributed by atoms with Gasteiger partial charge in [-0.05, 0) is 23.8 Å². The molecule has 0 radical (unpaired) electrons. The quantitative estimate of drug-likeness (QED) is 0.714. The van der Waals surface area contributed by atoms with Crippen LogP contribution in [0.4, 0.5) is 4.39 Å². The summed E-state index contributed by atoms with van der Waals surface area (Å²) in [7, 11) is 1.48. The summed E-state index contributed by atoms with van der Waals surface area (Å²) >= 11 is 0. The SMILES string of the molecule is CONCc1cc(F)cc(C#N)c1. The maximum Gasteiger partial charge on any atom is 0.124 e. The van der Waals surface area contributed by atoms with Crippen LogP contribution >= 0.6 is 0 Å². The van der Waals surface area contributed by atoms with Gasteiger partial charge in [0.25, 0.3) is 0 Å². The highest BCUT2D eigenvalue weighted by Gasteiger charge is 1.99. The Morgan fingerprint density at radius 3 is 2.92 bits per heavy atom. The van der Waals surface area contributed by atoms with E-state index in [-0.39, 0.29) is 0 Å². The Hall–Kier alpha value is -1.44. The lowest BCUT2D eigenvalue weighted by molar-refractivity contribution is 0.0866. The normalized spacial score (nSPS) is 9.62. The van der Waals surface area contributed by atoms with E-state index in [1.807, 2.05) is 6.07 Å². The van der Waals surface area contributed by atoms with Crippen molar-refractivity contribution in [2.75, 3.05) is 7.11 Å². The Kier molecular flexibility index (Phi) is 3.38. The van der Waals surface area contributed by atoms with Crippen LogP contribution in [0.5, 0.6) is 0 Å². The van der Waals surface area contributed by atoms with Crippen molar-refractivity contribution < 1.29 is 9.23 Å². The fourth-order valence-electron chi connectivity index (χ4n) is 0.973. The Labute approximate surface area is 75.7 Å². The molecule has 0 amide bonds. The maximum absolute atomic E-state index is 12.8. The molecule has 1 aromatic carbocycles. The van der Waals surface area contributed by atoms with Crippen molar-refractivity contribution in [3.8, 4) is 6.07 Å².